The average Bonchev–Trinajstić information content (AvgIpc) is 2.71. The summed E-state index contributed by atoms with van der Waals surface area (Å²) in [5.74, 6) is 7.21. The Balaban J connectivity index is 1.88. The van der Waals surface area contributed by atoms with Crippen LogP contribution in [0.2, 0.25) is 0 Å². The first-order chi connectivity index (χ1) is 6.27. The van der Waals surface area contributed by atoms with Gasteiger partial charge in [-0.2, -0.15) is 0 Å². The molecule has 13 heavy (non-hydrogen) atoms. The highest BCUT2D eigenvalue weighted by atomic mass is 16.5. The molecule has 0 radical (unpaired) electrons. The summed E-state index contributed by atoms with van der Waals surface area (Å²) in [6.07, 6.45) is 2.22. The maximum Gasteiger partial charge on any atom is 0.220 e. The molecule has 74 valence electrons. The van der Waals surface area contributed by atoms with E-state index >= 15 is 0 Å². The standard InChI is InChI=1S/C8H14N3O2/c9-11-6-13-7(8(11)12)5-10-3-1-2-4-10/h6-7,9,12H,1-5H2/q-1/p+1. The van der Waals surface area contributed by atoms with Crippen LogP contribution in [0.25, 0.3) is 5.84 Å². The van der Waals surface area contributed by atoms with Gasteiger partial charge in [0.05, 0.1) is 19.6 Å². The molecular weight excluding hydrogens is 170 g/mol. The van der Waals surface area contributed by atoms with Gasteiger partial charge in [0, 0.05) is 12.8 Å². The fourth-order valence-electron chi connectivity index (χ4n) is 1.89. The number of likely N-dealkylation sites (tertiary alicyclic amines) is 1. The topological polar surface area (TPSA) is 60.7 Å². The summed E-state index contributed by atoms with van der Waals surface area (Å²) in [5.41, 5.74) is 0. The number of aliphatic hydroxyl groups excluding tert-OH is 1. The van der Waals surface area contributed by atoms with Crippen LogP contribution in [0.3, 0.4) is 0 Å². The van der Waals surface area contributed by atoms with Gasteiger partial charge in [0.15, 0.2) is 0 Å². The lowest BCUT2D eigenvalue weighted by Crippen LogP contribution is -3.11. The summed E-state index contributed by atoms with van der Waals surface area (Å²) < 4.78 is 6.03. The van der Waals surface area contributed by atoms with Crippen LogP contribution in [0, 0.1) is 6.73 Å². The van der Waals surface area contributed by atoms with Gasteiger partial charge in [-0.1, -0.05) is 0 Å². The summed E-state index contributed by atoms with van der Waals surface area (Å²) >= 11 is 0. The van der Waals surface area contributed by atoms with Crippen molar-refractivity contribution < 1.29 is 19.4 Å². The van der Waals surface area contributed by atoms with Crippen molar-refractivity contribution in [3.05, 3.63) is 12.6 Å². The van der Waals surface area contributed by atoms with Gasteiger partial charge in [0.2, 0.25) is 5.90 Å². The second-order valence-electron chi connectivity index (χ2n) is 3.62. The van der Waals surface area contributed by atoms with Crippen LogP contribution >= 0.6 is 0 Å². The molecular formula is C8H15N3O2. The molecule has 5 nitrogen and oxygen atoms in total. The fraction of sp³-hybridized carbons (Fsp3) is 0.750. The zero-order valence-electron chi connectivity index (χ0n) is 7.49. The summed E-state index contributed by atoms with van der Waals surface area (Å²) in [6.45, 7) is 4.34. The Bertz CT molecular complexity index is 223. The molecule has 0 aliphatic carbocycles. The Morgan fingerprint density at radius 3 is 2.85 bits per heavy atom. The molecule has 1 atom stereocenters. The van der Waals surface area contributed by atoms with Crippen molar-refractivity contribution in [2.45, 2.75) is 18.9 Å². The number of nitrogens with zero attached hydrogens (tertiary/aromatic N) is 1. The summed E-state index contributed by atoms with van der Waals surface area (Å²) in [4.78, 5) is 1.46. The number of hydrogen-bond acceptors (Lipinski definition) is 1. The van der Waals surface area contributed by atoms with E-state index in [0.29, 0.717) is 0 Å². The summed E-state index contributed by atoms with van der Waals surface area (Å²) in [7, 11) is 0. The third-order valence-electron chi connectivity index (χ3n) is 2.65. The third kappa shape index (κ3) is 1.71. The molecule has 2 aliphatic heterocycles. The van der Waals surface area contributed by atoms with Crippen LogP contribution in [0.15, 0.2) is 0 Å². The lowest BCUT2D eigenvalue weighted by molar-refractivity contribution is -0.889. The quantitative estimate of drug-likeness (QED) is 0.433. The van der Waals surface area contributed by atoms with Crippen molar-refractivity contribution in [1.82, 2.24) is 0 Å². The Morgan fingerprint density at radius 2 is 2.31 bits per heavy atom. The Morgan fingerprint density at radius 1 is 1.62 bits per heavy atom. The molecule has 1 fully saturated rings. The molecule has 2 rings (SSSR count). The number of quaternary nitrogens is 1. The van der Waals surface area contributed by atoms with Crippen LogP contribution in [0.4, 0.5) is 0 Å². The molecule has 5 heteroatoms. The van der Waals surface area contributed by atoms with Gasteiger partial charge in [0.1, 0.15) is 12.8 Å². The van der Waals surface area contributed by atoms with Crippen LogP contribution in [-0.2, 0) is 4.74 Å². The van der Waals surface area contributed by atoms with Crippen molar-refractivity contribution in [3.8, 4) is 0 Å². The van der Waals surface area contributed by atoms with Gasteiger partial charge in [-0.05, 0) is 0 Å². The van der Waals surface area contributed by atoms with E-state index in [0.717, 1.165) is 24.3 Å². The van der Waals surface area contributed by atoms with Crippen LogP contribution in [0.1, 0.15) is 12.8 Å². The highest BCUT2D eigenvalue weighted by Gasteiger charge is 2.27. The van der Waals surface area contributed by atoms with Crippen molar-refractivity contribution in [3.63, 3.8) is 0 Å². The van der Waals surface area contributed by atoms with Gasteiger partial charge in [-0.3, -0.25) is 0 Å². The Hall–Kier alpha value is -0.940. The Labute approximate surface area is 77.4 Å². The van der Waals surface area contributed by atoms with Crippen molar-refractivity contribution in [2.24, 2.45) is 0 Å². The number of ether oxygens (including phenoxy) is 1. The minimum atomic E-state index is -0.300. The van der Waals surface area contributed by atoms with Crippen molar-refractivity contribution >= 4 is 5.90 Å². The minimum absolute atomic E-state index is 0.0133. The first-order valence-electron chi connectivity index (χ1n) is 4.66. The third-order valence-corrected chi connectivity index (χ3v) is 2.65. The van der Waals surface area contributed by atoms with E-state index in [-0.39, 0.29) is 12.0 Å². The van der Waals surface area contributed by atoms with Crippen molar-refractivity contribution in [2.75, 3.05) is 19.6 Å². The van der Waals surface area contributed by atoms with E-state index in [9.17, 15) is 5.11 Å². The zero-order chi connectivity index (χ0) is 9.26. The monoisotopic (exact) mass is 185 g/mol. The van der Waals surface area contributed by atoms with E-state index in [4.69, 9.17) is 10.6 Å². The molecule has 0 aromatic rings. The maximum atomic E-state index is 9.40. The number of hydrogen-bond donors (Lipinski definition) is 2. The molecule has 1 saturated heterocycles. The average molecular weight is 185 g/mol. The van der Waals surface area contributed by atoms with E-state index < -0.39 is 0 Å². The summed E-state index contributed by atoms with van der Waals surface area (Å²) in [6, 6.07) is 0. The molecule has 0 aromatic carbocycles. The van der Waals surface area contributed by atoms with E-state index in [2.05, 4.69) is 0 Å². The normalized spacial score (nSPS) is 29.7. The molecule has 0 amide bonds. The second kappa shape index (κ2) is 3.43. The van der Waals surface area contributed by atoms with Crippen molar-refractivity contribution in [1.29, 1.82) is 0 Å². The predicted molar refractivity (Wildman–Crippen MR) is 46.2 cm³/mol. The first-order valence-corrected chi connectivity index (χ1v) is 4.66. The predicted octanol–water partition coefficient (Wildman–Crippen LogP) is -0.881. The molecule has 2 aliphatic rings. The SMILES string of the molecule is [NH-][N+]1=C(O)C(C[NH+]2CCCC2)O[CH-]1. The highest BCUT2D eigenvalue weighted by molar-refractivity contribution is 5.75. The molecule has 0 aromatic heterocycles. The largest absolute Gasteiger partial charge is 0.546 e. The van der Waals surface area contributed by atoms with Gasteiger partial charge in [-0.25, -0.2) is 0 Å². The lowest BCUT2D eigenvalue weighted by atomic mass is 10.3. The number of aliphatic hydroxyl groups is 1. The number of rotatable bonds is 2. The van der Waals surface area contributed by atoms with Gasteiger partial charge in [0.25, 0.3) is 0 Å². The molecule has 0 bridgehead atoms. The highest BCUT2D eigenvalue weighted by Crippen LogP contribution is 2.05. The van der Waals surface area contributed by atoms with E-state index in [1.807, 2.05) is 0 Å². The van der Waals surface area contributed by atoms with Crippen LogP contribution < -0.4 is 4.90 Å². The van der Waals surface area contributed by atoms with Crippen LogP contribution in [-0.4, -0.2) is 41.4 Å². The smallest absolute Gasteiger partial charge is 0.220 e. The zero-order valence-corrected chi connectivity index (χ0v) is 7.49. The summed E-state index contributed by atoms with van der Waals surface area (Å²) in [5, 5.41) is 9.40. The second-order valence-corrected chi connectivity index (χ2v) is 3.62. The van der Waals surface area contributed by atoms with Gasteiger partial charge in [-0.15, -0.1) is 0 Å². The Kier molecular flexibility index (Phi) is 2.28. The lowest BCUT2D eigenvalue weighted by Gasteiger charge is -2.17. The molecule has 1 unspecified atom stereocenters. The molecule has 2 heterocycles. The minimum Gasteiger partial charge on any atom is -0.546 e. The fourth-order valence-corrected chi connectivity index (χ4v) is 1.89. The molecule has 0 spiro atoms. The van der Waals surface area contributed by atoms with Gasteiger partial charge >= 0.3 is 0 Å². The van der Waals surface area contributed by atoms with Crippen LogP contribution in [0.5, 0.6) is 0 Å². The first kappa shape index (κ1) is 8.65. The van der Waals surface area contributed by atoms with E-state index in [1.54, 1.807) is 0 Å². The molecule has 0 saturated carbocycles. The van der Waals surface area contributed by atoms with Gasteiger partial charge < -0.3 is 25.3 Å². The number of nitrogens with one attached hydrogen (secondary N) is 2. The molecule has 3 N–H and O–H groups in total. The maximum absolute atomic E-state index is 9.40. The van der Waals surface area contributed by atoms with E-state index in [1.165, 1.54) is 24.5 Å².